The molecule has 3 amide bonds. The summed E-state index contributed by atoms with van der Waals surface area (Å²) in [5.74, 6) is -0.682. The number of hydrogen-bond donors (Lipinski definition) is 2. The molecule has 3 atom stereocenters. The summed E-state index contributed by atoms with van der Waals surface area (Å²) in [6, 6.07) is 7.41. The predicted molar refractivity (Wildman–Crippen MR) is 118 cm³/mol. The monoisotopic (exact) mass is 449 g/mol. The zero-order chi connectivity index (χ0) is 22.2. The van der Waals surface area contributed by atoms with Crippen molar-refractivity contribution >= 4 is 29.8 Å². The highest BCUT2D eigenvalue weighted by Gasteiger charge is 2.32. The fraction of sp³-hybridized carbons (Fsp3) is 0.609. The standard InChI is InChI=1S/C23H32ClN3O4/c1-27(14-20-9-10-31-20)21(29)12-18(13-25-15-28)23(30)26-22(16-5-2-3-6-16)17-7-4-8-19(24)11-17/h4,7-8,11,15-16,18,20,22H,2-3,5-6,9-10,12-14H2,1H3,(H,25,28)(H,26,30). The van der Waals surface area contributed by atoms with Gasteiger partial charge in [-0.1, -0.05) is 36.6 Å². The first-order valence-electron chi connectivity index (χ1n) is 11.1. The topological polar surface area (TPSA) is 87.7 Å². The molecular formula is C23H32ClN3O4. The van der Waals surface area contributed by atoms with Gasteiger partial charge in [-0.2, -0.15) is 0 Å². The lowest BCUT2D eigenvalue weighted by Crippen LogP contribution is -2.45. The highest BCUT2D eigenvalue weighted by Crippen LogP contribution is 2.36. The number of carbonyl (C=O) groups is 3. The van der Waals surface area contributed by atoms with E-state index in [2.05, 4.69) is 10.6 Å². The van der Waals surface area contributed by atoms with Gasteiger partial charge < -0.3 is 20.3 Å². The largest absolute Gasteiger partial charge is 0.376 e. The third kappa shape index (κ3) is 6.68. The smallest absolute Gasteiger partial charge is 0.225 e. The SMILES string of the molecule is CN(CC1CCO1)C(=O)CC(CNC=O)C(=O)NC(c1cccc(Cl)c1)C1CCCC1. The van der Waals surface area contributed by atoms with Gasteiger partial charge in [-0.25, -0.2) is 0 Å². The van der Waals surface area contributed by atoms with Crippen molar-refractivity contribution in [3.8, 4) is 0 Å². The van der Waals surface area contributed by atoms with Gasteiger partial charge in [0.1, 0.15) is 0 Å². The molecule has 3 unspecified atom stereocenters. The molecule has 0 spiro atoms. The van der Waals surface area contributed by atoms with Gasteiger partial charge in [0.05, 0.1) is 18.1 Å². The number of rotatable bonds is 11. The number of carbonyl (C=O) groups excluding carboxylic acids is 3. The van der Waals surface area contributed by atoms with Crippen LogP contribution in [0.5, 0.6) is 0 Å². The Morgan fingerprint density at radius 3 is 2.65 bits per heavy atom. The first-order valence-corrected chi connectivity index (χ1v) is 11.4. The van der Waals surface area contributed by atoms with E-state index in [1.165, 1.54) is 0 Å². The van der Waals surface area contributed by atoms with Crippen molar-refractivity contribution in [3.05, 3.63) is 34.9 Å². The molecule has 2 N–H and O–H groups in total. The van der Waals surface area contributed by atoms with Gasteiger partial charge in [0.15, 0.2) is 0 Å². The second-order valence-corrected chi connectivity index (χ2v) is 9.01. The van der Waals surface area contributed by atoms with Gasteiger partial charge in [0, 0.05) is 38.2 Å². The average Bonchev–Trinajstić information content (AvgIpc) is 3.25. The molecule has 8 heteroatoms. The van der Waals surface area contributed by atoms with Gasteiger partial charge in [-0.15, -0.1) is 0 Å². The molecule has 0 aromatic heterocycles. The lowest BCUT2D eigenvalue weighted by atomic mass is 9.90. The lowest BCUT2D eigenvalue weighted by molar-refractivity contribution is -0.139. The molecule has 0 bridgehead atoms. The first-order chi connectivity index (χ1) is 15.0. The van der Waals surface area contributed by atoms with Gasteiger partial charge in [0.2, 0.25) is 18.2 Å². The average molecular weight is 450 g/mol. The molecule has 1 aromatic rings. The number of nitrogens with one attached hydrogen (secondary N) is 2. The quantitative estimate of drug-likeness (QED) is 0.508. The third-order valence-corrected chi connectivity index (χ3v) is 6.55. The fourth-order valence-corrected chi connectivity index (χ4v) is 4.58. The maximum atomic E-state index is 13.2. The zero-order valence-electron chi connectivity index (χ0n) is 18.0. The molecule has 1 aliphatic carbocycles. The van der Waals surface area contributed by atoms with Crippen LogP contribution in [0.1, 0.15) is 50.1 Å². The van der Waals surface area contributed by atoms with Crippen LogP contribution in [0, 0.1) is 11.8 Å². The molecule has 1 saturated carbocycles. The third-order valence-electron chi connectivity index (χ3n) is 6.31. The van der Waals surface area contributed by atoms with E-state index in [-0.39, 0.29) is 36.9 Å². The summed E-state index contributed by atoms with van der Waals surface area (Å²) >= 11 is 6.20. The van der Waals surface area contributed by atoms with Crippen LogP contribution in [-0.4, -0.2) is 56.0 Å². The Bertz CT molecular complexity index is 765. The van der Waals surface area contributed by atoms with Crippen molar-refractivity contribution < 1.29 is 19.1 Å². The molecule has 1 aromatic carbocycles. The van der Waals surface area contributed by atoms with Crippen LogP contribution in [0.25, 0.3) is 0 Å². The fourth-order valence-electron chi connectivity index (χ4n) is 4.39. The Morgan fingerprint density at radius 1 is 1.29 bits per heavy atom. The lowest BCUT2D eigenvalue weighted by Gasteiger charge is -2.31. The Hall–Kier alpha value is -2.12. The number of nitrogens with zero attached hydrogens (tertiary/aromatic N) is 1. The summed E-state index contributed by atoms with van der Waals surface area (Å²) in [5.41, 5.74) is 0.973. The molecule has 2 aliphatic rings. The van der Waals surface area contributed by atoms with Crippen molar-refractivity contribution in [2.24, 2.45) is 11.8 Å². The molecule has 170 valence electrons. The van der Waals surface area contributed by atoms with Crippen molar-refractivity contribution in [2.45, 2.75) is 50.7 Å². The van der Waals surface area contributed by atoms with Gasteiger partial charge in [0.25, 0.3) is 0 Å². The van der Waals surface area contributed by atoms with Crippen LogP contribution in [0.2, 0.25) is 5.02 Å². The van der Waals surface area contributed by atoms with Crippen LogP contribution < -0.4 is 10.6 Å². The van der Waals surface area contributed by atoms with Crippen LogP contribution in [0.15, 0.2) is 24.3 Å². The summed E-state index contributed by atoms with van der Waals surface area (Å²) in [4.78, 5) is 38.4. The number of halogens is 1. The van der Waals surface area contributed by atoms with Crippen molar-refractivity contribution in [2.75, 3.05) is 26.7 Å². The molecule has 2 fully saturated rings. The zero-order valence-corrected chi connectivity index (χ0v) is 18.8. The van der Waals surface area contributed by atoms with E-state index in [9.17, 15) is 14.4 Å². The number of likely N-dealkylation sites (N-methyl/N-ethyl adjacent to an activating group) is 1. The highest BCUT2D eigenvalue weighted by atomic mass is 35.5. The van der Waals surface area contributed by atoms with Crippen LogP contribution >= 0.6 is 11.6 Å². The minimum Gasteiger partial charge on any atom is -0.376 e. The summed E-state index contributed by atoms with van der Waals surface area (Å²) in [6.07, 6.45) is 5.96. The van der Waals surface area contributed by atoms with E-state index in [1.807, 2.05) is 24.3 Å². The van der Waals surface area contributed by atoms with Crippen LogP contribution in [-0.2, 0) is 19.1 Å². The Kier molecular flexibility index (Phi) is 8.72. The molecule has 31 heavy (non-hydrogen) atoms. The molecule has 1 heterocycles. The van der Waals surface area contributed by atoms with E-state index in [4.69, 9.17) is 16.3 Å². The number of hydrogen-bond acceptors (Lipinski definition) is 4. The molecular weight excluding hydrogens is 418 g/mol. The molecule has 0 radical (unpaired) electrons. The van der Waals surface area contributed by atoms with Crippen molar-refractivity contribution in [3.63, 3.8) is 0 Å². The summed E-state index contributed by atoms with van der Waals surface area (Å²) < 4.78 is 5.39. The summed E-state index contributed by atoms with van der Waals surface area (Å²) in [7, 11) is 1.72. The van der Waals surface area contributed by atoms with Crippen LogP contribution in [0.4, 0.5) is 0 Å². The molecule has 3 rings (SSSR count). The normalized spacial score (nSPS) is 20.4. The Labute approximate surface area is 188 Å². The highest BCUT2D eigenvalue weighted by molar-refractivity contribution is 6.30. The summed E-state index contributed by atoms with van der Waals surface area (Å²) in [5, 5.41) is 6.37. The number of benzene rings is 1. The Morgan fingerprint density at radius 2 is 2.03 bits per heavy atom. The van der Waals surface area contributed by atoms with E-state index in [1.54, 1.807) is 11.9 Å². The van der Waals surface area contributed by atoms with E-state index < -0.39 is 5.92 Å². The minimum absolute atomic E-state index is 0.0306. The van der Waals surface area contributed by atoms with Gasteiger partial charge >= 0.3 is 0 Å². The van der Waals surface area contributed by atoms with Crippen molar-refractivity contribution in [1.29, 1.82) is 0 Å². The second kappa shape index (κ2) is 11.5. The summed E-state index contributed by atoms with van der Waals surface area (Å²) in [6.45, 7) is 1.36. The second-order valence-electron chi connectivity index (χ2n) is 8.57. The van der Waals surface area contributed by atoms with E-state index in [0.717, 1.165) is 44.3 Å². The minimum atomic E-state index is -0.648. The number of amides is 3. The maximum Gasteiger partial charge on any atom is 0.225 e. The van der Waals surface area contributed by atoms with Gasteiger partial charge in [-0.05, 0) is 42.9 Å². The first kappa shape index (κ1) is 23.5. The molecule has 1 aliphatic heterocycles. The van der Waals surface area contributed by atoms with Crippen molar-refractivity contribution in [1.82, 2.24) is 15.5 Å². The maximum absolute atomic E-state index is 13.2. The number of ether oxygens (including phenoxy) is 1. The predicted octanol–water partition coefficient (Wildman–Crippen LogP) is 2.69. The molecule has 7 nitrogen and oxygen atoms in total. The van der Waals surface area contributed by atoms with Crippen LogP contribution in [0.3, 0.4) is 0 Å². The molecule has 1 saturated heterocycles. The van der Waals surface area contributed by atoms with Gasteiger partial charge in [-0.3, -0.25) is 14.4 Å². The van der Waals surface area contributed by atoms with E-state index >= 15 is 0 Å². The van der Waals surface area contributed by atoms with E-state index in [0.29, 0.717) is 23.9 Å². The Balaban J connectivity index is 1.68.